The molecule has 0 spiro atoms. The first kappa shape index (κ1) is 11.6. The molecular formula is C12H17N5. The highest BCUT2D eigenvalue weighted by atomic mass is 15.2. The Hall–Kier alpha value is -1.88. The molecule has 0 atom stereocenters. The van der Waals surface area contributed by atoms with Crippen molar-refractivity contribution in [1.29, 1.82) is 0 Å². The lowest BCUT2D eigenvalue weighted by Gasteiger charge is -2.21. The Balaban J connectivity index is 2.20. The van der Waals surface area contributed by atoms with Crippen molar-refractivity contribution in [1.82, 2.24) is 14.5 Å². The number of rotatable bonds is 4. The summed E-state index contributed by atoms with van der Waals surface area (Å²) < 4.78 is 2.01. The highest BCUT2D eigenvalue weighted by molar-refractivity contribution is 5.51. The lowest BCUT2D eigenvalue weighted by Crippen LogP contribution is -2.21. The van der Waals surface area contributed by atoms with Crippen LogP contribution in [0.25, 0.3) is 0 Å². The predicted molar refractivity (Wildman–Crippen MR) is 67.4 cm³/mol. The number of aromatic nitrogens is 3. The molecule has 5 nitrogen and oxygen atoms in total. The molecule has 2 rings (SSSR count). The molecule has 2 heterocycles. The van der Waals surface area contributed by atoms with Gasteiger partial charge in [0.05, 0.1) is 6.54 Å². The van der Waals surface area contributed by atoms with Crippen molar-refractivity contribution in [3.05, 3.63) is 42.2 Å². The molecule has 17 heavy (non-hydrogen) atoms. The van der Waals surface area contributed by atoms with E-state index in [2.05, 4.69) is 14.9 Å². The Labute approximate surface area is 101 Å². The number of anilines is 1. The third-order valence-corrected chi connectivity index (χ3v) is 2.81. The van der Waals surface area contributed by atoms with E-state index in [0.29, 0.717) is 6.54 Å². The van der Waals surface area contributed by atoms with E-state index in [-0.39, 0.29) is 0 Å². The SMILES string of the molecule is CN(Cc1nccn1C)c1ccncc1CN. The Morgan fingerprint density at radius 3 is 2.88 bits per heavy atom. The van der Waals surface area contributed by atoms with E-state index in [4.69, 9.17) is 5.73 Å². The zero-order chi connectivity index (χ0) is 12.3. The molecule has 0 amide bonds. The predicted octanol–water partition coefficient (Wildman–Crippen LogP) is 0.910. The maximum absolute atomic E-state index is 5.70. The van der Waals surface area contributed by atoms with Gasteiger partial charge in [0.25, 0.3) is 0 Å². The molecule has 0 bridgehead atoms. The number of nitrogens with two attached hydrogens (primary N) is 1. The molecule has 5 heteroatoms. The minimum absolute atomic E-state index is 0.494. The topological polar surface area (TPSA) is 60.0 Å². The van der Waals surface area contributed by atoms with Gasteiger partial charge in [-0.05, 0) is 6.07 Å². The molecule has 0 aliphatic carbocycles. The molecule has 0 aliphatic rings. The molecule has 0 radical (unpaired) electrons. The van der Waals surface area contributed by atoms with Crippen LogP contribution in [0.3, 0.4) is 0 Å². The first-order valence-electron chi connectivity index (χ1n) is 5.52. The quantitative estimate of drug-likeness (QED) is 0.849. The fourth-order valence-corrected chi connectivity index (χ4v) is 1.80. The second-order valence-electron chi connectivity index (χ2n) is 4.02. The first-order chi connectivity index (χ1) is 8.22. The van der Waals surface area contributed by atoms with Gasteiger partial charge in [-0.25, -0.2) is 4.98 Å². The summed E-state index contributed by atoms with van der Waals surface area (Å²) in [6, 6.07) is 1.98. The summed E-state index contributed by atoms with van der Waals surface area (Å²) in [5.74, 6) is 1.02. The number of hydrogen-bond acceptors (Lipinski definition) is 4. The van der Waals surface area contributed by atoms with Gasteiger partial charge in [0.2, 0.25) is 0 Å². The Kier molecular flexibility index (Phi) is 3.39. The second-order valence-corrected chi connectivity index (χ2v) is 4.02. The van der Waals surface area contributed by atoms with Crippen LogP contribution < -0.4 is 10.6 Å². The summed E-state index contributed by atoms with van der Waals surface area (Å²) in [4.78, 5) is 10.5. The van der Waals surface area contributed by atoms with E-state index in [1.807, 2.05) is 37.1 Å². The van der Waals surface area contributed by atoms with Crippen LogP contribution in [0.4, 0.5) is 5.69 Å². The van der Waals surface area contributed by atoms with Crippen molar-refractivity contribution < 1.29 is 0 Å². The summed E-state index contributed by atoms with van der Waals surface area (Å²) in [5, 5.41) is 0. The molecule has 0 aromatic carbocycles. The Bertz CT molecular complexity index is 491. The van der Waals surface area contributed by atoms with Crippen LogP contribution in [0.1, 0.15) is 11.4 Å². The molecule has 0 saturated carbocycles. The van der Waals surface area contributed by atoms with E-state index in [1.165, 1.54) is 0 Å². The lowest BCUT2D eigenvalue weighted by molar-refractivity contribution is 0.758. The van der Waals surface area contributed by atoms with Gasteiger partial charge in [-0.1, -0.05) is 0 Å². The molecular weight excluding hydrogens is 214 g/mol. The number of hydrogen-bond donors (Lipinski definition) is 1. The monoisotopic (exact) mass is 231 g/mol. The second kappa shape index (κ2) is 4.97. The number of nitrogens with zero attached hydrogens (tertiary/aromatic N) is 4. The minimum atomic E-state index is 0.494. The van der Waals surface area contributed by atoms with Crippen molar-refractivity contribution >= 4 is 5.69 Å². The molecule has 0 fully saturated rings. The molecule has 2 aromatic rings. The van der Waals surface area contributed by atoms with Crippen LogP contribution >= 0.6 is 0 Å². The van der Waals surface area contributed by atoms with Gasteiger partial charge < -0.3 is 15.2 Å². The third-order valence-electron chi connectivity index (χ3n) is 2.81. The van der Waals surface area contributed by atoms with Gasteiger partial charge >= 0.3 is 0 Å². The molecule has 0 unspecified atom stereocenters. The molecule has 0 saturated heterocycles. The summed E-state index contributed by atoms with van der Waals surface area (Å²) in [6.07, 6.45) is 7.34. The maximum atomic E-state index is 5.70. The van der Waals surface area contributed by atoms with E-state index in [1.54, 1.807) is 12.4 Å². The molecule has 90 valence electrons. The first-order valence-corrected chi connectivity index (χ1v) is 5.52. The zero-order valence-electron chi connectivity index (χ0n) is 10.2. The van der Waals surface area contributed by atoms with Crippen molar-refractivity contribution in [3.63, 3.8) is 0 Å². The zero-order valence-corrected chi connectivity index (χ0v) is 10.2. The number of aryl methyl sites for hydroxylation is 1. The minimum Gasteiger partial charge on any atom is -0.367 e. The Morgan fingerprint density at radius 1 is 1.41 bits per heavy atom. The van der Waals surface area contributed by atoms with Crippen LogP contribution in [-0.2, 0) is 20.1 Å². The van der Waals surface area contributed by atoms with Crippen LogP contribution in [0.15, 0.2) is 30.9 Å². The van der Waals surface area contributed by atoms with E-state index in [9.17, 15) is 0 Å². The molecule has 2 aromatic heterocycles. The smallest absolute Gasteiger partial charge is 0.127 e. The number of imidazole rings is 1. The maximum Gasteiger partial charge on any atom is 0.127 e. The van der Waals surface area contributed by atoms with Crippen molar-refractivity contribution in [3.8, 4) is 0 Å². The highest BCUT2D eigenvalue weighted by Gasteiger charge is 2.09. The van der Waals surface area contributed by atoms with E-state index in [0.717, 1.165) is 23.6 Å². The highest BCUT2D eigenvalue weighted by Crippen LogP contribution is 2.18. The third kappa shape index (κ3) is 2.45. The number of pyridine rings is 1. The summed E-state index contributed by atoms with van der Waals surface area (Å²) >= 11 is 0. The van der Waals surface area contributed by atoms with E-state index >= 15 is 0 Å². The van der Waals surface area contributed by atoms with Crippen molar-refractivity contribution in [2.75, 3.05) is 11.9 Å². The largest absolute Gasteiger partial charge is 0.367 e. The molecule has 0 aliphatic heterocycles. The standard InChI is InChI=1S/C12H17N5/c1-16-6-5-15-12(16)9-17(2)11-3-4-14-8-10(11)7-13/h3-6,8H,7,9,13H2,1-2H3. The van der Waals surface area contributed by atoms with Crippen molar-refractivity contribution in [2.24, 2.45) is 12.8 Å². The van der Waals surface area contributed by atoms with Gasteiger partial charge in [-0.15, -0.1) is 0 Å². The van der Waals surface area contributed by atoms with Crippen LogP contribution in [0.2, 0.25) is 0 Å². The van der Waals surface area contributed by atoms with Crippen LogP contribution in [0, 0.1) is 0 Å². The van der Waals surface area contributed by atoms with E-state index < -0.39 is 0 Å². The fraction of sp³-hybridized carbons (Fsp3) is 0.333. The van der Waals surface area contributed by atoms with Crippen molar-refractivity contribution in [2.45, 2.75) is 13.1 Å². The average Bonchev–Trinajstić information content (AvgIpc) is 2.75. The van der Waals surface area contributed by atoms with Gasteiger partial charge in [0.15, 0.2) is 0 Å². The summed E-state index contributed by atoms with van der Waals surface area (Å²) in [5.41, 5.74) is 7.85. The normalized spacial score (nSPS) is 10.5. The fourth-order valence-electron chi connectivity index (χ4n) is 1.80. The average molecular weight is 231 g/mol. The van der Waals surface area contributed by atoms with Crippen LogP contribution in [-0.4, -0.2) is 21.6 Å². The Morgan fingerprint density at radius 2 is 2.24 bits per heavy atom. The van der Waals surface area contributed by atoms with Gasteiger partial charge in [0.1, 0.15) is 5.82 Å². The lowest BCUT2D eigenvalue weighted by atomic mass is 10.2. The van der Waals surface area contributed by atoms with Gasteiger partial charge in [-0.3, -0.25) is 4.98 Å². The summed E-state index contributed by atoms with van der Waals surface area (Å²) in [7, 11) is 4.02. The van der Waals surface area contributed by atoms with Gasteiger partial charge in [-0.2, -0.15) is 0 Å². The summed E-state index contributed by atoms with van der Waals surface area (Å²) in [6.45, 7) is 1.24. The van der Waals surface area contributed by atoms with Gasteiger partial charge in [0, 0.05) is 56.7 Å². The van der Waals surface area contributed by atoms with Crippen LogP contribution in [0.5, 0.6) is 0 Å². The molecule has 2 N–H and O–H groups in total.